The van der Waals surface area contributed by atoms with Crippen LogP contribution in [0.15, 0.2) is 231 Å². The van der Waals surface area contributed by atoms with Gasteiger partial charge in [-0.05, 0) is 132 Å². The SMILES string of the molecule is c1ccc(-n2c3ccc(-c4ccc5c(c4)c4ccccc4n5-c4cccc(-c5ccccc5-c5ccc6c(c5)-c5cccc7cccc-6c57)c4)cc3c3ccc4ccccc4c32)cc1. The molecule has 0 saturated carbocycles. The summed E-state index contributed by atoms with van der Waals surface area (Å²) in [5, 5.41) is 10.2. The van der Waals surface area contributed by atoms with E-state index in [0.717, 1.165) is 5.69 Å². The van der Waals surface area contributed by atoms with Crippen LogP contribution in [0.4, 0.5) is 0 Å². The first kappa shape index (κ1) is 35.2. The third kappa shape index (κ3) is 5.08. The van der Waals surface area contributed by atoms with Crippen molar-refractivity contribution in [3.05, 3.63) is 231 Å². The maximum absolute atomic E-state index is 2.44. The van der Waals surface area contributed by atoms with E-state index in [4.69, 9.17) is 0 Å². The molecule has 0 fully saturated rings. The fourth-order valence-electron chi connectivity index (χ4n) is 11.0. The highest BCUT2D eigenvalue weighted by Crippen LogP contribution is 2.49. The minimum absolute atomic E-state index is 1.14. The first-order chi connectivity index (χ1) is 31.7. The van der Waals surface area contributed by atoms with Crippen LogP contribution in [0.25, 0.3) is 132 Å². The van der Waals surface area contributed by atoms with E-state index in [-0.39, 0.29) is 0 Å². The van der Waals surface area contributed by atoms with Gasteiger partial charge in [0, 0.05) is 38.3 Å². The van der Waals surface area contributed by atoms with Gasteiger partial charge in [-0.25, -0.2) is 0 Å². The summed E-state index contributed by atoms with van der Waals surface area (Å²) in [6, 6.07) is 85.3. The molecular formula is C62H38N2. The molecule has 2 heteroatoms. The zero-order chi connectivity index (χ0) is 41.9. The smallest absolute Gasteiger partial charge is 0.0619 e. The molecule has 0 spiro atoms. The number of rotatable bonds is 5. The van der Waals surface area contributed by atoms with Crippen LogP contribution in [0.5, 0.6) is 0 Å². The summed E-state index contributed by atoms with van der Waals surface area (Å²) >= 11 is 0. The Hall–Kier alpha value is -8.46. The molecule has 0 radical (unpaired) electrons. The van der Waals surface area contributed by atoms with Gasteiger partial charge >= 0.3 is 0 Å². The van der Waals surface area contributed by atoms with Crippen molar-refractivity contribution in [2.45, 2.75) is 0 Å². The Morgan fingerprint density at radius 2 is 0.797 bits per heavy atom. The van der Waals surface area contributed by atoms with Crippen molar-refractivity contribution in [3.63, 3.8) is 0 Å². The van der Waals surface area contributed by atoms with Crippen LogP contribution in [0, 0.1) is 0 Å². The van der Waals surface area contributed by atoms with Gasteiger partial charge in [-0.15, -0.1) is 0 Å². The summed E-state index contributed by atoms with van der Waals surface area (Å²) < 4.78 is 4.88. The third-order valence-corrected chi connectivity index (χ3v) is 13.8. The van der Waals surface area contributed by atoms with E-state index >= 15 is 0 Å². The van der Waals surface area contributed by atoms with Crippen LogP contribution in [-0.4, -0.2) is 9.13 Å². The average Bonchev–Trinajstić information content (AvgIpc) is 4.00. The molecule has 1 aliphatic rings. The zero-order valence-corrected chi connectivity index (χ0v) is 34.8. The summed E-state index contributed by atoms with van der Waals surface area (Å²) in [7, 11) is 0. The van der Waals surface area contributed by atoms with Crippen LogP contribution in [0.1, 0.15) is 0 Å². The van der Waals surface area contributed by atoms with Crippen molar-refractivity contribution in [1.29, 1.82) is 0 Å². The molecule has 0 bridgehead atoms. The van der Waals surface area contributed by atoms with Gasteiger partial charge in [-0.1, -0.05) is 170 Å². The van der Waals surface area contributed by atoms with Gasteiger partial charge < -0.3 is 9.13 Å². The molecule has 296 valence electrons. The lowest BCUT2D eigenvalue weighted by molar-refractivity contribution is 1.18. The van der Waals surface area contributed by atoms with Crippen LogP contribution >= 0.6 is 0 Å². The maximum Gasteiger partial charge on any atom is 0.0619 e. The number of aromatic nitrogens is 2. The van der Waals surface area contributed by atoms with E-state index in [1.807, 2.05) is 0 Å². The Kier molecular flexibility index (Phi) is 7.43. The quantitative estimate of drug-likeness (QED) is 0.164. The second-order valence-electron chi connectivity index (χ2n) is 17.2. The summed E-state index contributed by atoms with van der Waals surface area (Å²) in [5.41, 5.74) is 19.7. The zero-order valence-electron chi connectivity index (χ0n) is 34.8. The second-order valence-corrected chi connectivity index (χ2v) is 17.2. The van der Waals surface area contributed by atoms with Crippen LogP contribution in [-0.2, 0) is 0 Å². The lowest BCUT2D eigenvalue weighted by atomic mass is 9.91. The molecule has 0 aliphatic heterocycles. The summed E-state index contributed by atoms with van der Waals surface area (Å²) in [4.78, 5) is 0. The van der Waals surface area contributed by atoms with E-state index in [0.29, 0.717) is 0 Å². The molecular weight excluding hydrogens is 773 g/mol. The maximum atomic E-state index is 2.44. The number of benzene rings is 11. The molecule has 0 unspecified atom stereocenters. The first-order valence-electron chi connectivity index (χ1n) is 22.2. The van der Waals surface area contributed by atoms with Crippen molar-refractivity contribution in [2.75, 3.05) is 0 Å². The van der Waals surface area contributed by atoms with Crippen molar-refractivity contribution < 1.29 is 0 Å². The molecule has 2 heterocycles. The molecule has 0 atom stereocenters. The first-order valence-corrected chi connectivity index (χ1v) is 22.2. The van der Waals surface area contributed by atoms with Gasteiger partial charge in [-0.3, -0.25) is 0 Å². The molecule has 64 heavy (non-hydrogen) atoms. The summed E-state index contributed by atoms with van der Waals surface area (Å²) in [5.74, 6) is 0. The minimum Gasteiger partial charge on any atom is -0.309 e. The molecule has 2 aromatic heterocycles. The van der Waals surface area contributed by atoms with E-state index in [1.165, 1.54) is 126 Å². The van der Waals surface area contributed by atoms with Gasteiger partial charge in [0.1, 0.15) is 0 Å². The molecule has 14 rings (SSSR count). The molecule has 0 saturated heterocycles. The van der Waals surface area contributed by atoms with Crippen LogP contribution in [0.2, 0.25) is 0 Å². The lowest BCUT2D eigenvalue weighted by Gasteiger charge is -2.14. The topological polar surface area (TPSA) is 9.86 Å². The highest BCUT2D eigenvalue weighted by atomic mass is 15.0. The largest absolute Gasteiger partial charge is 0.309 e. The van der Waals surface area contributed by atoms with Crippen LogP contribution in [0.3, 0.4) is 0 Å². The number of fused-ring (bicyclic) bond motifs is 11. The Labute approximate surface area is 370 Å². The lowest BCUT2D eigenvalue weighted by Crippen LogP contribution is -1.95. The van der Waals surface area contributed by atoms with Crippen molar-refractivity contribution in [2.24, 2.45) is 0 Å². The van der Waals surface area contributed by atoms with Gasteiger partial charge in [0.25, 0.3) is 0 Å². The number of hydrogen-bond acceptors (Lipinski definition) is 0. The van der Waals surface area contributed by atoms with Crippen molar-refractivity contribution in [3.8, 4) is 67.0 Å². The summed E-state index contributed by atoms with van der Waals surface area (Å²) in [6.07, 6.45) is 0. The van der Waals surface area contributed by atoms with Gasteiger partial charge in [-0.2, -0.15) is 0 Å². The van der Waals surface area contributed by atoms with E-state index in [1.54, 1.807) is 0 Å². The third-order valence-electron chi connectivity index (χ3n) is 13.8. The Morgan fingerprint density at radius 1 is 0.234 bits per heavy atom. The highest BCUT2D eigenvalue weighted by molar-refractivity contribution is 6.20. The van der Waals surface area contributed by atoms with Crippen molar-refractivity contribution in [1.82, 2.24) is 9.13 Å². The normalized spacial score (nSPS) is 12.1. The number of nitrogens with zero attached hydrogens (tertiary/aromatic N) is 2. The van der Waals surface area contributed by atoms with Gasteiger partial charge in [0.15, 0.2) is 0 Å². The van der Waals surface area contributed by atoms with Gasteiger partial charge in [0.2, 0.25) is 0 Å². The molecule has 11 aromatic carbocycles. The predicted molar refractivity (Wildman–Crippen MR) is 271 cm³/mol. The second kappa shape index (κ2) is 13.5. The fraction of sp³-hybridized carbons (Fsp3) is 0. The van der Waals surface area contributed by atoms with Crippen LogP contribution < -0.4 is 0 Å². The average molecular weight is 811 g/mol. The Balaban J connectivity index is 0.891. The van der Waals surface area contributed by atoms with E-state index in [9.17, 15) is 0 Å². The van der Waals surface area contributed by atoms with E-state index in [2.05, 4.69) is 240 Å². The van der Waals surface area contributed by atoms with Crippen molar-refractivity contribution >= 4 is 65.2 Å². The molecule has 1 aliphatic carbocycles. The number of hydrogen-bond donors (Lipinski definition) is 0. The molecule has 0 amide bonds. The van der Waals surface area contributed by atoms with E-state index < -0.39 is 0 Å². The van der Waals surface area contributed by atoms with Gasteiger partial charge in [0.05, 0.1) is 22.1 Å². The fourth-order valence-corrected chi connectivity index (χ4v) is 11.0. The molecule has 0 N–H and O–H groups in total. The minimum atomic E-state index is 1.14. The highest BCUT2D eigenvalue weighted by Gasteiger charge is 2.23. The monoisotopic (exact) mass is 810 g/mol. The Morgan fingerprint density at radius 3 is 1.59 bits per heavy atom. The molecule has 13 aromatic rings. The Bertz CT molecular complexity index is 4060. The summed E-state index contributed by atoms with van der Waals surface area (Å²) in [6.45, 7) is 0. The predicted octanol–water partition coefficient (Wildman–Crippen LogP) is 16.8. The standard InChI is InChI=1S/C62H38N2/c1-2-17-45(18-3-1)64-60-34-30-42(37-57(60)54-32-27-39-13-4-5-22-49(39)62(54)64)41-29-33-59-56(36-41)51-23-8-9-26-58(51)63(59)46-19-10-16-43(35-46)47-20-6-7-21-48(47)44-28-31-50-52-24-11-14-40-15-12-25-53(61(40)52)55(50)38-44/h1-38H. The number of para-hydroxylation sites is 2. The molecule has 2 nitrogen and oxygen atoms in total.